The molecule has 1 aromatic carbocycles. The molecule has 1 atom stereocenters. The first-order valence-electron chi connectivity index (χ1n) is 7.15. The molecular formula is C14H18N4O2S. The molecule has 0 spiro atoms. The van der Waals surface area contributed by atoms with Gasteiger partial charge in [-0.25, -0.2) is 4.98 Å². The average molecular weight is 306 g/mol. The molecule has 2 aromatic rings. The lowest BCUT2D eigenvalue weighted by atomic mass is 10.2. The predicted octanol–water partition coefficient (Wildman–Crippen LogP) is 3.10. The second kappa shape index (κ2) is 5.95. The van der Waals surface area contributed by atoms with E-state index in [0.29, 0.717) is 23.8 Å². The zero-order valence-corrected chi connectivity index (χ0v) is 12.7. The van der Waals surface area contributed by atoms with Crippen molar-refractivity contribution in [3.8, 4) is 0 Å². The Kier molecular flexibility index (Phi) is 4.03. The molecule has 1 aliphatic heterocycles. The second-order valence-electron chi connectivity index (χ2n) is 5.39. The predicted molar refractivity (Wildman–Crippen MR) is 85.0 cm³/mol. The van der Waals surface area contributed by atoms with Crippen LogP contribution < -0.4 is 5.32 Å². The lowest BCUT2D eigenvalue weighted by molar-refractivity contribution is -0.382. The molecule has 0 radical (unpaired) electrons. The number of anilines is 1. The van der Waals surface area contributed by atoms with E-state index in [4.69, 9.17) is 0 Å². The number of nitro groups is 1. The number of nitro benzene ring substituents is 1. The van der Waals surface area contributed by atoms with Gasteiger partial charge in [-0.2, -0.15) is 0 Å². The smallest absolute Gasteiger partial charge is 0.319 e. The van der Waals surface area contributed by atoms with Crippen molar-refractivity contribution >= 4 is 32.9 Å². The van der Waals surface area contributed by atoms with Gasteiger partial charge >= 0.3 is 5.69 Å². The Hall–Kier alpha value is -1.73. The molecule has 3 rings (SSSR count). The SMILES string of the molecule is CC(CNc1ccc2scnc2c1[N+](=O)[O-])N1CCCC1. The van der Waals surface area contributed by atoms with Gasteiger partial charge in [-0.15, -0.1) is 11.3 Å². The Labute approximate surface area is 126 Å². The largest absolute Gasteiger partial charge is 0.378 e. The third-order valence-electron chi connectivity index (χ3n) is 4.01. The number of rotatable bonds is 5. The minimum atomic E-state index is -0.342. The fourth-order valence-corrected chi connectivity index (χ4v) is 3.49. The van der Waals surface area contributed by atoms with Gasteiger partial charge in [0.15, 0.2) is 5.52 Å². The molecule has 112 valence electrons. The molecule has 2 heterocycles. The van der Waals surface area contributed by atoms with E-state index in [0.717, 1.165) is 17.8 Å². The molecule has 7 heteroatoms. The molecule has 6 nitrogen and oxygen atoms in total. The van der Waals surface area contributed by atoms with Crippen molar-refractivity contribution in [2.24, 2.45) is 0 Å². The molecule has 1 N–H and O–H groups in total. The summed E-state index contributed by atoms with van der Waals surface area (Å²) in [5.74, 6) is 0. The Morgan fingerprint density at radius 1 is 1.48 bits per heavy atom. The van der Waals surface area contributed by atoms with E-state index in [2.05, 4.69) is 22.1 Å². The van der Waals surface area contributed by atoms with E-state index in [1.54, 1.807) is 11.6 Å². The first-order chi connectivity index (χ1) is 10.2. The third-order valence-corrected chi connectivity index (χ3v) is 4.80. The number of likely N-dealkylation sites (tertiary alicyclic amines) is 1. The van der Waals surface area contributed by atoms with Crippen LogP contribution in [0.4, 0.5) is 11.4 Å². The summed E-state index contributed by atoms with van der Waals surface area (Å²) >= 11 is 1.42. The van der Waals surface area contributed by atoms with Gasteiger partial charge in [0.05, 0.1) is 15.1 Å². The van der Waals surface area contributed by atoms with Gasteiger partial charge < -0.3 is 5.32 Å². The van der Waals surface area contributed by atoms with Crippen molar-refractivity contribution in [2.75, 3.05) is 25.0 Å². The van der Waals surface area contributed by atoms with Crippen LogP contribution in [0.25, 0.3) is 10.2 Å². The highest BCUT2D eigenvalue weighted by molar-refractivity contribution is 7.16. The van der Waals surface area contributed by atoms with Crippen LogP contribution in [-0.4, -0.2) is 40.5 Å². The highest BCUT2D eigenvalue weighted by Gasteiger charge is 2.22. The standard InChI is InChI=1S/C14H18N4O2S/c1-10(17-6-2-3-7-17)8-15-11-4-5-12-13(16-9-21-12)14(11)18(19)20/h4-5,9-10,15H,2-3,6-8H2,1H3. The molecule has 0 saturated carbocycles. The normalized spacial score (nSPS) is 17.2. The quantitative estimate of drug-likeness (QED) is 0.679. The number of nitrogens with one attached hydrogen (secondary N) is 1. The molecule has 0 aliphatic carbocycles. The fourth-order valence-electron chi connectivity index (χ4n) is 2.81. The van der Waals surface area contributed by atoms with E-state index in [-0.39, 0.29) is 10.6 Å². The molecular weight excluding hydrogens is 288 g/mol. The van der Waals surface area contributed by atoms with Gasteiger partial charge in [0, 0.05) is 12.6 Å². The van der Waals surface area contributed by atoms with Crippen molar-refractivity contribution in [3.05, 3.63) is 27.8 Å². The Bertz CT molecular complexity index is 651. The van der Waals surface area contributed by atoms with Gasteiger partial charge in [-0.05, 0) is 45.0 Å². The van der Waals surface area contributed by atoms with Gasteiger partial charge in [0.2, 0.25) is 0 Å². The zero-order valence-electron chi connectivity index (χ0n) is 11.9. The molecule has 0 amide bonds. The third kappa shape index (κ3) is 2.84. The molecule has 21 heavy (non-hydrogen) atoms. The van der Waals surface area contributed by atoms with Crippen molar-refractivity contribution in [3.63, 3.8) is 0 Å². The van der Waals surface area contributed by atoms with Crippen LogP contribution in [-0.2, 0) is 0 Å². The van der Waals surface area contributed by atoms with Gasteiger partial charge in [0.1, 0.15) is 5.69 Å². The van der Waals surface area contributed by atoms with Crippen LogP contribution in [0.15, 0.2) is 17.6 Å². The maximum atomic E-state index is 11.4. The van der Waals surface area contributed by atoms with E-state index >= 15 is 0 Å². The van der Waals surface area contributed by atoms with Crippen LogP contribution in [0.2, 0.25) is 0 Å². The summed E-state index contributed by atoms with van der Waals surface area (Å²) in [6.45, 7) is 5.11. The summed E-state index contributed by atoms with van der Waals surface area (Å²) in [4.78, 5) is 17.6. The van der Waals surface area contributed by atoms with E-state index in [1.165, 1.54) is 24.2 Å². The lowest BCUT2D eigenvalue weighted by Crippen LogP contribution is -2.35. The fraction of sp³-hybridized carbons (Fsp3) is 0.500. The number of fused-ring (bicyclic) bond motifs is 1. The summed E-state index contributed by atoms with van der Waals surface area (Å²) in [6.07, 6.45) is 2.49. The number of hydrogen-bond donors (Lipinski definition) is 1. The highest BCUT2D eigenvalue weighted by atomic mass is 32.1. The van der Waals surface area contributed by atoms with Crippen LogP contribution in [0.5, 0.6) is 0 Å². The zero-order chi connectivity index (χ0) is 14.8. The maximum Gasteiger partial charge on any atom is 0.319 e. The second-order valence-corrected chi connectivity index (χ2v) is 6.28. The lowest BCUT2D eigenvalue weighted by Gasteiger charge is -2.24. The Morgan fingerprint density at radius 2 is 2.24 bits per heavy atom. The number of hydrogen-bond acceptors (Lipinski definition) is 6. The van der Waals surface area contributed by atoms with Gasteiger partial charge in [0.25, 0.3) is 0 Å². The van der Waals surface area contributed by atoms with Crippen LogP contribution >= 0.6 is 11.3 Å². The average Bonchev–Trinajstić information content (AvgIpc) is 3.14. The van der Waals surface area contributed by atoms with E-state index in [1.807, 2.05) is 6.07 Å². The summed E-state index contributed by atoms with van der Waals surface area (Å²) in [6, 6.07) is 4.05. The first kappa shape index (κ1) is 14.2. The minimum absolute atomic E-state index is 0.0855. The van der Waals surface area contributed by atoms with Crippen LogP contribution in [0.3, 0.4) is 0 Å². The summed E-state index contributed by atoms with van der Waals surface area (Å²) in [5.41, 5.74) is 2.77. The number of aromatic nitrogens is 1. The molecule has 1 aliphatic rings. The van der Waals surface area contributed by atoms with Crippen molar-refractivity contribution in [1.82, 2.24) is 9.88 Å². The number of benzene rings is 1. The summed E-state index contributed by atoms with van der Waals surface area (Å²) in [5, 5.41) is 14.6. The highest BCUT2D eigenvalue weighted by Crippen LogP contribution is 2.34. The Balaban J connectivity index is 1.79. The topological polar surface area (TPSA) is 71.3 Å². The maximum absolute atomic E-state index is 11.4. The minimum Gasteiger partial charge on any atom is -0.378 e. The molecule has 1 saturated heterocycles. The number of nitrogens with zero attached hydrogens (tertiary/aromatic N) is 3. The van der Waals surface area contributed by atoms with Gasteiger partial charge in [-0.1, -0.05) is 0 Å². The monoisotopic (exact) mass is 306 g/mol. The van der Waals surface area contributed by atoms with Crippen LogP contribution in [0, 0.1) is 10.1 Å². The van der Waals surface area contributed by atoms with E-state index < -0.39 is 0 Å². The molecule has 1 aromatic heterocycles. The van der Waals surface area contributed by atoms with Crippen LogP contribution in [0.1, 0.15) is 19.8 Å². The molecule has 1 fully saturated rings. The number of thiazole rings is 1. The van der Waals surface area contributed by atoms with Crippen molar-refractivity contribution < 1.29 is 4.92 Å². The summed E-state index contributed by atoms with van der Waals surface area (Å²) < 4.78 is 0.847. The van der Waals surface area contributed by atoms with Gasteiger partial charge in [-0.3, -0.25) is 15.0 Å². The van der Waals surface area contributed by atoms with E-state index in [9.17, 15) is 10.1 Å². The van der Waals surface area contributed by atoms with Crippen molar-refractivity contribution in [2.45, 2.75) is 25.8 Å². The van der Waals surface area contributed by atoms with Crippen molar-refractivity contribution in [1.29, 1.82) is 0 Å². The Morgan fingerprint density at radius 3 is 2.95 bits per heavy atom. The molecule has 0 bridgehead atoms. The molecule has 1 unspecified atom stereocenters. The summed E-state index contributed by atoms with van der Waals surface area (Å²) in [7, 11) is 0. The first-order valence-corrected chi connectivity index (χ1v) is 8.03.